The third-order valence-electron chi connectivity index (χ3n) is 2.23. The molecule has 0 heterocycles. The second kappa shape index (κ2) is 5.70. The summed E-state index contributed by atoms with van der Waals surface area (Å²) in [4.78, 5) is 10.9. The Morgan fingerprint density at radius 2 is 2.19 bits per heavy atom. The minimum atomic E-state index is -0.278. The molecule has 2 N–H and O–H groups in total. The van der Waals surface area contributed by atoms with Crippen LogP contribution in [0.2, 0.25) is 5.02 Å². The molecule has 5 heteroatoms. The maximum atomic E-state index is 13.3. The lowest BCUT2D eigenvalue weighted by Gasteiger charge is -2.07. The van der Waals surface area contributed by atoms with Crippen LogP contribution in [0, 0.1) is 12.7 Å². The normalized spacial score (nSPS) is 10.0. The van der Waals surface area contributed by atoms with Crippen LogP contribution in [0.3, 0.4) is 0 Å². The molecule has 0 saturated heterocycles. The lowest BCUT2D eigenvalue weighted by Crippen LogP contribution is -2.34. The molecule has 1 aromatic carbocycles. The Balaban J connectivity index is 2.60. The average molecular weight is 245 g/mol. The van der Waals surface area contributed by atoms with Gasteiger partial charge in [-0.3, -0.25) is 0 Å². The highest BCUT2D eigenvalue weighted by atomic mass is 35.5. The number of amides is 2. The third-order valence-corrected chi connectivity index (χ3v) is 2.59. The summed E-state index contributed by atoms with van der Waals surface area (Å²) >= 11 is 5.96. The van der Waals surface area contributed by atoms with Gasteiger partial charge in [-0.05, 0) is 36.6 Å². The Labute approximate surface area is 99.0 Å². The lowest BCUT2D eigenvalue weighted by molar-refractivity contribution is 0.243. The van der Waals surface area contributed by atoms with E-state index in [4.69, 9.17) is 11.6 Å². The molecule has 0 radical (unpaired) electrons. The van der Waals surface area contributed by atoms with Crippen LogP contribution in [0.15, 0.2) is 12.1 Å². The van der Waals surface area contributed by atoms with Crippen molar-refractivity contribution < 1.29 is 9.18 Å². The first-order chi connectivity index (χ1) is 7.54. The lowest BCUT2D eigenvalue weighted by atomic mass is 10.1. The highest BCUT2D eigenvalue weighted by Crippen LogP contribution is 2.20. The highest BCUT2D eigenvalue weighted by molar-refractivity contribution is 6.31. The van der Waals surface area contributed by atoms with E-state index in [1.807, 2.05) is 0 Å². The molecule has 0 spiro atoms. The monoisotopic (exact) mass is 244 g/mol. The molecule has 0 fully saturated rings. The molecule has 16 heavy (non-hydrogen) atoms. The predicted octanol–water partition coefficient (Wildman–Crippen LogP) is 2.26. The zero-order valence-electron chi connectivity index (χ0n) is 9.23. The highest BCUT2D eigenvalue weighted by Gasteiger charge is 2.06. The van der Waals surface area contributed by atoms with Crippen LogP contribution < -0.4 is 10.6 Å². The second-order valence-electron chi connectivity index (χ2n) is 3.45. The molecule has 0 aliphatic carbocycles. The summed E-state index contributed by atoms with van der Waals surface area (Å²) in [5.74, 6) is -0.278. The number of hydrogen-bond acceptors (Lipinski definition) is 1. The van der Waals surface area contributed by atoms with Gasteiger partial charge in [0.15, 0.2) is 0 Å². The molecular weight excluding hydrogens is 231 g/mol. The minimum absolute atomic E-state index is 0.260. The maximum absolute atomic E-state index is 13.3. The Hall–Kier alpha value is -1.29. The molecule has 0 aromatic heterocycles. The smallest absolute Gasteiger partial charge is 0.314 e. The van der Waals surface area contributed by atoms with Crippen LogP contribution in [-0.4, -0.2) is 19.6 Å². The molecule has 88 valence electrons. The van der Waals surface area contributed by atoms with Crippen LogP contribution in [-0.2, 0) is 6.42 Å². The number of hydrogen-bond donors (Lipinski definition) is 2. The van der Waals surface area contributed by atoms with Crippen molar-refractivity contribution in [2.75, 3.05) is 13.6 Å². The Morgan fingerprint density at radius 3 is 2.81 bits per heavy atom. The molecule has 0 bridgehead atoms. The van der Waals surface area contributed by atoms with Gasteiger partial charge in [-0.1, -0.05) is 11.6 Å². The SMILES string of the molecule is CNC(=O)NCCc1cc(F)c(C)cc1Cl. The molecule has 0 atom stereocenters. The number of urea groups is 1. The minimum Gasteiger partial charge on any atom is -0.341 e. The molecule has 0 aliphatic rings. The number of halogens is 2. The van der Waals surface area contributed by atoms with Crippen molar-refractivity contribution in [3.05, 3.63) is 34.1 Å². The summed E-state index contributed by atoms with van der Waals surface area (Å²) in [6, 6.07) is 2.73. The zero-order valence-corrected chi connectivity index (χ0v) is 9.99. The summed E-state index contributed by atoms with van der Waals surface area (Å²) in [5, 5.41) is 5.57. The van der Waals surface area contributed by atoms with Crippen molar-refractivity contribution in [3.8, 4) is 0 Å². The van der Waals surface area contributed by atoms with E-state index in [1.54, 1.807) is 13.0 Å². The van der Waals surface area contributed by atoms with E-state index < -0.39 is 0 Å². The summed E-state index contributed by atoms with van der Waals surface area (Å²) in [7, 11) is 1.54. The van der Waals surface area contributed by atoms with Gasteiger partial charge in [0, 0.05) is 18.6 Å². The van der Waals surface area contributed by atoms with E-state index in [9.17, 15) is 9.18 Å². The fourth-order valence-electron chi connectivity index (χ4n) is 1.28. The van der Waals surface area contributed by atoms with Crippen LogP contribution >= 0.6 is 11.6 Å². The first-order valence-corrected chi connectivity index (χ1v) is 5.32. The van der Waals surface area contributed by atoms with Crippen LogP contribution in [0.1, 0.15) is 11.1 Å². The second-order valence-corrected chi connectivity index (χ2v) is 3.86. The van der Waals surface area contributed by atoms with E-state index in [-0.39, 0.29) is 11.8 Å². The Bertz CT molecular complexity index is 396. The molecule has 0 aliphatic heterocycles. The van der Waals surface area contributed by atoms with Gasteiger partial charge < -0.3 is 10.6 Å². The van der Waals surface area contributed by atoms with Gasteiger partial charge in [-0.15, -0.1) is 0 Å². The van der Waals surface area contributed by atoms with Crippen LogP contribution in [0.4, 0.5) is 9.18 Å². The predicted molar refractivity (Wildman–Crippen MR) is 62.3 cm³/mol. The zero-order chi connectivity index (χ0) is 12.1. The van der Waals surface area contributed by atoms with E-state index in [1.165, 1.54) is 13.1 Å². The van der Waals surface area contributed by atoms with Gasteiger partial charge in [0.05, 0.1) is 0 Å². The summed E-state index contributed by atoms with van der Waals surface area (Å²) in [6.45, 7) is 2.08. The molecule has 3 nitrogen and oxygen atoms in total. The van der Waals surface area contributed by atoms with Crippen LogP contribution in [0.5, 0.6) is 0 Å². The number of carbonyl (C=O) groups is 1. The molecule has 1 rings (SSSR count). The Morgan fingerprint density at radius 1 is 1.50 bits per heavy atom. The van der Waals surface area contributed by atoms with E-state index in [2.05, 4.69) is 10.6 Å². The standard InChI is InChI=1S/C11H14ClFN2O/c1-7-5-9(12)8(6-10(7)13)3-4-15-11(16)14-2/h5-6H,3-4H2,1-2H3,(H2,14,15,16). The number of aryl methyl sites for hydroxylation is 1. The first-order valence-electron chi connectivity index (χ1n) is 4.94. The van der Waals surface area contributed by atoms with Gasteiger partial charge in [0.1, 0.15) is 5.82 Å². The quantitative estimate of drug-likeness (QED) is 0.842. The summed E-state index contributed by atoms with van der Waals surface area (Å²) in [5.41, 5.74) is 1.22. The van der Waals surface area contributed by atoms with E-state index in [0.29, 0.717) is 29.1 Å². The van der Waals surface area contributed by atoms with Crippen LogP contribution in [0.25, 0.3) is 0 Å². The fraction of sp³-hybridized carbons (Fsp3) is 0.364. The summed E-state index contributed by atoms with van der Waals surface area (Å²) in [6.07, 6.45) is 0.503. The van der Waals surface area contributed by atoms with Crippen molar-refractivity contribution in [1.82, 2.24) is 10.6 Å². The number of nitrogens with one attached hydrogen (secondary N) is 2. The van der Waals surface area contributed by atoms with Crippen molar-refractivity contribution in [3.63, 3.8) is 0 Å². The summed E-state index contributed by atoms with van der Waals surface area (Å²) < 4.78 is 13.3. The molecule has 1 aromatic rings. The van der Waals surface area contributed by atoms with E-state index >= 15 is 0 Å². The van der Waals surface area contributed by atoms with Crippen molar-refractivity contribution in [1.29, 1.82) is 0 Å². The Kier molecular flexibility index (Phi) is 4.55. The molecule has 0 unspecified atom stereocenters. The van der Waals surface area contributed by atoms with Crippen molar-refractivity contribution in [2.24, 2.45) is 0 Å². The third kappa shape index (κ3) is 3.38. The van der Waals surface area contributed by atoms with E-state index in [0.717, 1.165) is 0 Å². The number of carbonyl (C=O) groups excluding carboxylic acids is 1. The van der Waals surface area contributed by atoms with Gasteiger partial charge in [0.2, 0.25) is 0 Å². The average Bonchev–Trinajstić information content (AvgIpc) is 2.25. The maximum Gasteiger partial charge on any atom is 0.314 e. The van der Waals surface area contributed by atoms with Gasteiger partial charge in [-0.2, -0.15) is 0 Å². The van der Waals surface area contributed by atoms with Gasteiger partial charge in [-0.25, -0.2) is 9.18 Å². The van der Waals surface area contributed by atoms with Gasteiger partial charge >= 0.3 is 6.03 Å². The topological polar surface area (TPSA) is 41.1 Å². The fourth-order valence-corrected chi connectivity index (χ4v) is 1.59. The van der Waals surface area contributed by atoms with Gasteiger partial charge in [0.25, 0.3) is 0 Å². The molecular formula is C11H14ClFN2O. The molecule has 0 saturated carbocycles. The molecule has 2 amide bonds. The largest absolute Gasteiger partial charge is 0.341 e. The van der Waals surface area contributed by atoms with Crippen molar-refractivity contribution >= 4 is 17.6 Å². The van der Waals surface area contributed by atoms with Crippen molar-refractivity contribution in [2.45, 2.75) is 13.3 Å². The number of rotatable bonds is 3. The first kappa shape index (κ1) is 12.8. The number of benzene rings is 1.